The van der Waals surface area contributed by atoms with E-state index in [1.807, 2.05) is 0 Å². The van der Waals surface area contributed by atoms with Crippen molar-refractivity contribution in [3.8, 4) is 0 Å². The molecule has 0 spiro atoms. The standard InChI is InChI=1S/C17H24N2O4S/c1-16(2)13-8-9-17(16,3)15(10-13)18-24(22,23)11-12-4-6-14(7-5-12)19(20)21/h4-7,13,15,18H,8-11H2,1-3H3. The molecular weight excluding hydrogens is 328 g/mol. The summed E-state index contributed by atoms with van der Waals surface area (Å²) in [5.74, 6) is 0.414. The van der Waals surface area contributed by atoms with Crippen molar-refractivity contribution < 1.29 is 13.3 Å². The highest BCUT2D eigenvalue weighted by molar-refractivity contribution is 7.88. The van der Waals surface area contributed by atoms with E-state index in [1.165, 1.54) is 30.7 Å². The molecule has 24 heavy (non-hydrogen) atoms. The smallest absolute Gasteiger partial charge is 0.258 e. The van der Waals surface area contributed by atoms with E-state index >= 15 is 0 Å². The second-order valence-electron chi connectivity index (χ2n) is 7.96. The molecule has 6 nitrogen and oxygen atoms in total. The van der Waals surface area contributed by atoms with E-state index in [0.717, 1.165) is 12.8 Å². The summed E-state index contributed by atoms with van der Waals surface area (Å²) in [7, 11) is -3.48. The quantitative estimate of drug-likeness (QED) is 0.651. The molecule has 132 valence electrons. The van der Waals surface area contributed by atoms with Crippen molar-refractivity contribution in [3.05, 3.63) is 39.9 Å². The third-order valence-corrected chi connectivity index (χ3v) is 7.98. The molecule has 2 fully saturated rings. The largest absolute Gasteiger partial charge is 0.269 e. The summed E-state index contributed by atoms with van der Waals surface area (Å²) >= 11 is 0. The van der Waals surface area contributed by atoms with E-state index in [2.05, 4.69) is 25.5 Å². The molecule has 2 saturated carbocycles. The molecule has 0 aliphatic heterocycles. The normalized spacial score (nSPS) is 31.3. The Morgan fingerprint density at radius 3 is 2.33 bits per heavy atom. The number of nitrogens with one attached hydrogen (secondary N) is 1. The molecule has 0 amide bonds. The van der Waals surface area contributed by atoms with Gasteiger partial charge in [-0.25, -0.2) is 13.1 Å². The lowest BCUT2D eigenvalue weighted by Gasteiger charge is -2.39. The lowest BCUT2D eigenvalue weighted by Crippen LogP contribution is -2.47. The highest BCUT2D eigenvalue weighted by Gasteiger charge is 2.61. The van der Waals surface area contributed by atoms with Crippen LogP contribution in [0.2, 0.25) is 0 Å². The van der Waals surface area contributed by atoms with Gasteiger partial charge in [0.25, 0.3) is 5.69 Å². The number of sulfonamides is 1. The molecule has 7 heteroatoms. The zero-order chi connectivity index (χ0) is 17.8. The van der Waals surface area contributed by atoms with Crippen molar-refractivity contribution in [1.82, 2.24) is 4.72 Å². The van der Waals surface area contributed by atoms with Crippen LogP contribution >= 0.6 is 0 Å². The average molecular weight is 352 g/mol. The van der Waals surface area contributed by atoms with Crippen LogP contribution in [0.3, 0.4) is 0 Å². The summed E-state index contributed by atoms with van der Waals surface area (Å²) in [6, 6.07) is 5.65. The number of nitro groups is 1. The molecule has 3 atom stereocenters. The van der Waals surface area contributed by atoms with Gasteiger partial charge in [0.1, 0.15) is 0 Å². The van der Waals surface area contributed by atoms with Crippen LogP contribution in [0.15, 0.2) is 24.3 Å². The van der Waals surface area contributed by atoms with Crippen molar-refractivity contribution in [3.63, 3.8) is 0 Å². The van der Waals surface area contributed by atoms with E-state index < -0.39 is 14.9 Å². The van der Waals surface area contributed by atoms with Gasteiger partial charge in [0.05, 0.1) is 10.7 Å². The van der Waals surface area contributed by atoms with Gasteiger partial charge in [0.15, 0.2) is 0 Å². The third kappa shape index (κ3) is 2.73. The Balaban J connectivity index is 1.72. The van der Waals surface area contributed by atoms with E-state index in [4.69, 9.17) is 0 Å². The summed E-state index contributed by atoms with van der Waals surface area (Å²) in [5.41, 5.74) is 0.653. The van der Waals surface area contributed by atoms with Crippen molar-refractivity contribution in [1.29, 1.82) is 0 Å². The van der Waals surface area contributed by atoms with Crippen molar-refractivity contribution in [2.45, 2.75) is 51.8 Å². The fourth-order valence-corrected chi connectivity index (χ4v) is 6.08. The Hall–Kier alpha value is -1.47. The zero-order valence-electron chi connectivity index (χ0n) is 14.3. The van der Waals surface area contributed by atoms with Gasteiger partial charge in [0, 0.05) is 18.2 Å². The van der Waals surface area contributed by atoms with Gasteiger partial charge in [-0.15, -0.1) is 0 Å². The summed E-state index contributed by atoms with van der Waals surface area (Å²) in [6.07, 6.45) is 3.11. The molecule has 3 unspecified atom stereocenters. The average Bonchev–Trinajstić information content (AvgIpc) is 2.80. The fraction of sp³-hybridized carbons (Fsp3) is 0.647. The van der Waals surface area contributed by atoms with Crippen LogP contribution in [-0.2, 0) is 15.8 Å². The van der Waals surface area contributed by atoms with E-state index in [0.29, 0.717) is 11.5 Å². The molecule has 0 aromatic heterocycles. The Kier molecular flexibility index (Phi) is 3.99. The maximum Gasteiger partial charge on any atom is 0.269 e. The van der Waals surface area contributed by atoms with Crippen LogP contribution in [0.4, 0.5) is 5.69 Å². The third-order valence-electron chi connectivity index (χ3n) is 6.62. The molecule has 0 saturated heterocycles. The fourth-order valence-electron chi connectivity index (χ4n) is 4.57. The SMILES string of the molecule is CC1(C)C2CCC1(C)C(NS(=O)(=O)Cc1ccc([N+](=O)[O-])cc1)C2. The first-order valence-corrected chi connectivity index (χ1v) is 9.94. The minimum absolute atomic E-state index is 0.0137. The molecule has 1 aromatic carbocycles. The summed E-state index contributed by atoms with van der Waals surface area (Å²) in [5, 5.41) is 10.7. The number of non-ortho nitro benzene ring substituents is 1. The molecule has 0 radical (unpaired) electrons. The van der Waals surface area contributed by atoms with E-state index in [-0.39, 0.29) is 28.3 Å². The summed E-state index contributed by atoms with van der Waals surface area (Å²) in [6.45, 7) is 6.68. The molecule has 2 bridgehead atoms. The Morgan fingerprint density at radius 2 is 1.88 bits per heavy atom. The van der Waals surface area contributed by atoms with Crippen molar-refractivity contribution >= 4 is 15.7 Å². The van der Waals surface area contributed by atoms with Crippen LogP contribution in [0.25, 0.3) is 0 Å². The number of hydrogen-bond acceptors (Lipinski definition) is 4. The maximum absolute atomic E-state index is 12.6. The van der Waals surface area contributed by atoms with Gasteiger partial charge in [-0.05, 0) is 41.6 Å². The highest BCUT2D eigenvalue weighted by Crippen LogP contribution is 2.65. The van der Waals surface area contributed by atoms with E-state index in [1.54, 1.807) is 0 Å². The van der Waals surface area contributed by atoms with Crippen LogP contribution in [-0.4, -0.2) is 19.4 Å². The Morgan fingerprint density at radius 1 is 1.25 bits per heavy atom. The molecule has 2 aliphatic carbocycles. The number of rotatable bonds is 5. The first kappa shape index (κ1) is 17.4. The molecule has 0 heterocycles. The van der Waals surface area contributed by atoms with Crippen LogP contribution in [0.1, 0.15) is 45.6 Å². The van der Waals surface area contributed by atoms with Gasteiger partial charge in [-0.3, -0.25) is 10.1 Å². The highest BCUT2D eigenvalue weighted by atomic mass is 32.2. The maximum atomic E-state index is 12.6. The number of nitrogens with zero attached hydrogens (tertiary/aromatic N) is 1. The monoisotopic (exact) mass is 352 g/mol. The predicted molar refractivity (Wildman–Crippen MR) is 91.9 cm³/mol. The van der Waals surface area contributed by atoms with Crippen LogP contribution < -0.4 is 4.72 Å². The Labute approximate surface area is 142 Å². The second kappa shape index (κ2) is 5.52. The molecule has 1 aromatic rings. The Bertz CT molecular complexity index is 757. The number of nitro benzene ring substituents is 1. The summed E-state index contributed by atoms with van der Waals surface area (Å²) in [4.78, 5) is 10.2. The topological polar surface area (TPSA) is 89.3 Å². The van der Waals surface area contributed by atoms with E-state index in [9.17, 15) is 18.5 Å². The van der Waals surface area contributed by atoms with Gasteiger partial charge >= 0.3 is 0 Å². The van der Waals surface area contributed by atoms with Gasteiger partial charge in [0.2, 0.25) is 10.0 Å². The minimum Gasteiger partial charge on any atom is -0.258 e. The molecule has 1 N–H and O–H groups in total. The number of benzene rings is 1. The molecular formula is C17H24N2O4S. The predicted octanol–water partition coefficient (Wildman–Crippen LogP) is 3.23. The van der Waals surface area contributed by atoms with Gasteiger partial charge in [-0.2, -0.15) is 0 Å². The van der Waals surface area contributed by atoms with Crippen molar-refractivity contribution in [2.75, 3.05) is 0 Å². The van der Waals surface area contributed by atoms with Gasteiger partial charge < -0.3 is 0 Å². The first-order valence-electron chi connectivity index (χ1n) is 8.28. The number of hydrogen-bond donors (Lipinski definition) is 1. The number of fused-ring (bicyclic) bond motifs is 2. The first-order chi connectivity index (χ1) is 11.1. The van der Waals surface area contributed by atoms with Crippen molar-refractivity contribution in [2.24, 2.45) is 16.7 Å². The lowest BCUT2D eigenvalue weighted by molar-refractivity contribution is -0.384. The lowest BCUT2D eigenvalue weighted by atomic mass is 9.69. The minimum atomic E-state index is -3.48. The molecule has 3 rings (SSSR count). The van der Waals surface area contributed by atoms with Crippen LogP contribution in [0, 0.1) is 26.9 Å². The zero-order valence-corrected chi connectivity index (χ0v) is 15.1. The van der Waals surface area contributed by atoms with Gasteiger partial charge in [-0.1, -0.05) is 32.9 Å². The second-order valence-corrected chi connectivity index (χ2v) is 9.72. The molecule has 2 aliphatic rings. The van der Waals surface area contributed by atoms with Crippen LogP contribution in [0.5, 0.6) is 0 Å². The summed E-state index contributed by atoms with van der Waals surface area (Å²) < 4.78 is 28.0.